The number of nitrogens with one attached hydrogen (secondary N) is 1. The molecule has 0 spiro atoms. The number of benzene rings is 1. The molecule has 1 amide bonds. The van der Waals surface area contributed by atoms with Crippen molar-refractivity contribution in [2.45, 2.75) is 26.9 Å². The van der Waals surface area contributed by atoms with Crippen LogP contribution in [0.25, 0.3) is 5.65 Å². The van der Waals surface area contributed by atoms with Gasteiger partial charge in [0.05, 0.1) is 23.0 Å². The van der Waals surface area contributed by atoms with Crippen LogP contribution >= 0.6 is 0 Å². The molecule has 0 atom stereocenters. The molecule has 0 aliphatic heterocycles. The zero-order valence-electron chi connectivity index (χ0n) is 13.4. The highest BCUT2D eigenvalue weighted by atomic mass is 16.5. The summed E-state index contributed by atoms with van der Waals surface area (Å²) in [5, 5.41) is 2.91. The van der Waals surface area contributed by atoms with E-state index in [-0.39, 0.29) is 12.0 Å². The first-order valence-electron chi connectivity index (χ1n) is 7.55. The van der Waals surface area contributed by atoms with Gasteiger partial charge in [0.15, 0.2) is 0 Å². The molecule has 2 heterocycles. The summed E-state index contributed by atoms with van der Waals surface area (Å²) in [5.74, 6) is 0.480. The van der Waals surface area contributed by atoms with E-state index in [2.05, 4.69) is 10.3 Å². The van der Waals surface area contributed by atoms with Crippen molar-refractivity contribution in [3.8, 4) is 5.75 Å². The number of hydrogen-bond donors (Lipinski definition) is 1. The zero-order valence-corrected chi connectivity index (χ0v) is 13.4. The predicted octanol–water partition coefficient (Wildman–Crippen LogP) is 3.68. The number of nitrogens with zero attached hydrogens (tertiary/aromatic N) is 2. The van der Waals surface area contributed by atoms with Gasteiger partial charge in [-0.2, -0.15) is 0 Å². The highest BCUT2D eigenvalue weighted by molar-refractivity contribution is 6.05. The lowest BCUT2D eigenvalue weighted by Gasteiger charge is -2.14. The fourth-order valence-corrected chi connectivity index (χ4v) is 2.37. The van der Waals surface area contributed by atoms with Crippen LogP contribution in [0.5, 0.6) is 5.75 Å². The Morgan fingerprint density at radius 2 is 1.96 bits per heavy atom. The summed E-state index contributed by atoms with van der Waals surface area (Å²) in [7, 11) is 0. The summed E-state index contributed by atoms with van der Waals surface area (Å²) in [6.45, 7) is 5.83. The van der Waals surface area contributed by atoms with Gasteiger partial charge < -0.3 is 14.5 Å². The van der Waals surface area contributed by atoms with E-state index in [0.29, 0.717) is 17.0 Å². The van der Waals surface area contributed by atoms with Crippen LogP contribution in [-0.2, 0) is 0 Å². The molecule has 3 rings (SSSR count). The third kappa shape index (κ3) is 3.34. The molecule has 0 bridgehead atoms. The Morgan fingerprint density at radius 3 is 2.74 bits per heavy atom. The standard InChI is InChI=1S/C18H19N3O2/c1-12(2)23-16-7-5-4-6-15(16)20-18(22)14-8-9-17-19-13(3)10-21(17)11-14/h4-12H,1-3H3,(H,20,22). The second kappa shape index (κ2) is 6.12. The van der Waals surface area contributed by atoms with Gasteiger partial charge in [-0.05, 0) is 45.0 Å². The zero-order chi connectivity index (χ0) is 16.4. The molecular formula is C18H19N3O2. The number of carbonyl (C=O) groups excluding carboxylic acids is 1. The second-order valence-corrected chi connectivity index (χ2v) is 5.68. The average molecular weight is 309 g/mol. The van der Waals surface area contributed by atoms with E-state index < -0.39 is 0 Å². The van der Waals surface area contributed by atoms with Gasteiger partial charge in [-0.25, -0.2) is 4.98 Å². The molecule has 23 heavy (non-hydrogen) atoms. The van der Waals surface area contributed by atoms with E-state index in [4.69, 9.17) is 4.74 Å². The summed E-state index contributed by atoms with van der Waals surface area (Å²) >= 11 is 0. The van der Waals surface area contributed by atoms with Crippen molar-refractivity contribution in [1.29, 1.82) is 0 Å². The van der Waals surface area contributed by atoms with E-state index in [1.54, 1.807) is 12.3 Å². The van der Waals surface area contributed by atoms with Crippen molar-refractivity contribution in [3.63, 3.8) is 0 Å². The van der Waals surface area contributed by atoms with Crippen LogP contribution in [0, 0.1) is 6.92 Å². The van der Waals surface area contributed by atoms with E-state index in [1.807, 2.05) is 61.7 Å². The Labute approximate surface area is 134 Å². The summed E-state index contributed by atoms with van der Waals surface area (Å²) in [5.41, 5.74) is 2.96. The summed E-state index contributed by atoms with van der Waals surface area (Å²) in [4.78, 5) is 16.9. The van der Waals surface area contributed by atoms with Crippen molar-refractivity contribution in [2.75, 3.05) is 5.32 Å². The molecule has 5 nitrogen and oxygen atoms in total. The van der Waals surface area contributed by atoms with E-state index in [1.165, 1.54) is 0 Å². The molecule has 0 radical (unpaired) electrons. The first-order chi connectivity index (χ1) is 11.0. The Hall–Kier alpha value is -2.82. The summed E-state index contributed by atoms with van der Waals surface area (Å²) in [6, 6.07) is 11.0. The molecule has 1 N–H and O–H groups in total. The Bertz CT molecular complexity index is 852. The van der Waals surface area contributed by atoms with E-state index >= 15 is 0 Å². The van der Waals surface area contributed by atoms with Crippen LogP contribution in [0.15, 0.2) is 48.8 Å². The number of anilines is 1. The molecule has 118 valence electrons. The van der Waals surface area contributed by atoms with Crippen molar-refractivity contribution in [2.24, 2.45) is 0 Å². The number of para-hydroxylation sites is 2. The topological polar surface area (TPSA) is 55.6 Å². The van der Waals surface area contributed by atoms with Gasteiger partial charge in [-0.1, -0.05) is 12.1 Å². The third-order valence-electron chi connectivity index (χ3n) is 3.33. The van der Waals surface area contributed by atoms with E-state index in [9.17, 15) is 4.79 Å². The maximum Gasteiger partial charge on any atom is 0.257 e. The molecule has 0 saturated heterocycles. The first-order valence-corrected chi connectivity index (χ1v) is 7.55. The number of amides is 1. The van der Waals surface area contributed by atoms with Crippen LogP contribution in [0.3, 0.4) is 0 Å². The molecule has 0 aliphatic rings. The molecule has 5 heteroatoms. The summed E-state index contributed by atoms with van der Waals surface area (Å²) in [6.07, 6.45) is 3.71. The SMILES string of the molecule is Cc1cn2cc(C(=O)Nc3ccccc3OC(C)C)ccc2n1. The van der Waals surface area contributed by atoms with Crippen LogP contribution in [-0.4, -0.2) is 21.4 Å². The van der Waals surface area contributed by atoms with Crippen molar-refractivity contribution in [1.82, 2.24) is 9.38 Å². The average Bonchev–Trinajstić information content (AvgIpc) is 2.87. The lowest BCUT2D eigenvalue weighted by Crippen LogP contribution is -2.15. The molecule has 0 fully saturated rings. The van der Waals surface area contributed by atoms with Crippen molar-refractivity contribution in [3.05, 3.63) is 60.0 Å². The highest BCUT2D eigenvalue weighted by Gasteiger charge is 2.11. The lowest BCUT2D eigenvalue weighted by atomic mass is 10.2. The largest absolute Gasteiger partial charge is 0.489 e. The highest BCUT2D eigenvalue weighted by Crippen LogP contribution is 2.25. The van der Waals surface area contributed by atoms with Gasteiger partial charge in [0, 0.05) is 12.4 Å². The van der Waals surface area contributed by atoms with Gasteiger partial charge in [-0.15, -0.1) is 0 Å². The normalized spacial score (nSPS) is 11.0. The maximum atomic E-state index is 12.5. The number of carbonyl (C=O) groups is 1. The smallest absolute Gasteiger partial charge is 0.257 e. The predicted molar refractivity (Wildman–Crippen MR) is 90.1 cm³/mol. The lowest BCUT2D eigenvalue weighted by molar-refractivity contribution is 0.102. The monoisotopic (exact) mass is 309 g/mol. The quantitative estimate of drug-likeness (QED) is 0.800. The number of pyridine rings is 1. The molecular weight excluding hydrogens is 290 g/mol. The molecule has 0 unspecified atom stereocenters. The minimum Gasteiger partial charge on any atom is -0.489 e. The fourth-order valence-electron chi connectivity index (χ4n) is 2.37. The number of imidazole rings is 1. The van der Waals surface area contributed by atoms with Gasteiger partial charge in [0.25, 0.3) is 5.91 Å². The summed E-state index contributed by atoms with van der Waals surface area (Å²) < 4.78 is 7.57. The Balaban J connectivity index is 1.85. The number of fused-ring (bicyclic) bond motifs is 1. The minimum absolute atomic E-state index is 0.0401. The molecule has 0 saturated carbocycles. The van der Waals surface area contributed by atoms with Gasteiger partial charge >= 0.3 is 0 Å². The number of hydrogen-bond acceptors (Lipinski definition) is 3. The Kier molecular flexibility index (Phi) is 4.02. The van der Waals surface area contributed by atoms with Gasteiger partial charge in [0.1, 0.15) is 11.4 Å². The van der Waals surface area contributed by atoms with Crippen LogP contribution in [0.2, 0.25) is 0 Å². The van der Waals surface area contributed by atoms with Gasteiger partial charge in [-0.3, -0.25) is 4.79 Å². The molecule has 0 aliphatic carbocycles. The first kappa shape index (κ1) is 15.1. The minimum atomic E-state index is -0.182. The molecule has 2 aromatic heterocycles. The van der Waals surface area contributed by atoms with Crippen LogP contribution < -0.4 is 10.1 Å². The van der Waals surface area contributed by atoms with Crippen LogP contribution in [0.4, 0.5) is 5.69 Å². The molecule has 3 aromatic rings. The van der Waals surface area contributed by atoms with E-state index in [0.717, 1.165) is 11.3 Å². The third-order valence-corrected chi connectivity index (χ3v) is 3.33. The van der Waals surface area contributed by atoms with Crippen molar-refractivity contribution < 1.29 is 9.53 Å². The number of ether oxygens (including phenoxy) is 1. The fraction of sp³-hybridized carbons (Fsp3) is 0.222. The van der Waals surface area contributed by atoms with Crippen LogP contribution in [0.1, 0.15) is 29.9 Å². The second-order valence-electron chi connectivity index (χ2n) is 5.68. The number of aromatic nitrogens is 2. The molecule has 1 aromatic carbocycles. The van der Waals surface area contributed by atoms with Crippen molar-refractivity contribution >= 4 is 17.2 Å². The number of aryl methyl sites for hydroxylation is 1. The maximum absolute atomic E-state index is 12.5. The number of rotatable bonds is 4. The Morgan fingerprint density at radius 1 is 1.17 bits per heavy atom. The van der Waals surface area contributed by atoms with Gasteiger partial charge in [0.2, 0.25) is 0 Å².